The summed E-state index contributed by atoms with van der Waals surface area (Å²) < 4.78 is 0. The first-order valence-electron chi connectivity index (χ1n) is 7.22. The second kappa shape index (κ2) is 5.25. The van der Waals surface area contributed by atoms with Gasteiger partial charge in [-0.3, -0.25) is 4.79 Å². The molecule has 0 unspecified atom stereocenters. The van der Waals surface area contributed by atoms with Gasteiger partial charge in [-0.2, -0.15) is 0 Å². The summed E-state index contributed by atoms with van der Waals surface area (Å²) in [4.78, 5) is 28.3. The van der Waals surface area contributed by atoms with Gasteiger partial charge in [0.25, 0.3) is 5.91 Å². The molecule has 1 saturated heterocycles. The van der Waals surface area contributed by atoms with E-state index in [2.05, 4.69) is 0 Å². The number of nitrogens with zero attached hydrogens (tertiary/aromatic N) is 2. The van der Waals surface area contributed by atoms with Crippen LogP contribution in [0.1, 0.15) is 11.1 Å². The number of carbonyl (C=O) groups is 2. The first kappa shape index (κ1) is 14.5. The smallest absolute Gasteiger partial charge is 0.307 e. The van der Waals surface area contributed by atoms with Gasteiger partial charge in [-0.25, -0.2) is 9.69 Å². The Labute approximate surface area is 143 Å². The Bertz CT molecular complexity index is 774. The molecule has 2 aliphatic rings. The van der Waals surface area contributed by atoms with Crippen molar-refractivity contribution in [3.8, 4) is 0 Å². The van der Waals surface area contributed by atoms with Gasteiger partial charge in [0.2, 0.25) is 0 Å². The summed E-state index contributed by atoms with van der Waals surface area (Å²) in [5.41, 5.74) is 2.60. The zero-order chi connectivity index (χ0) is 16.1. The normalized spacial score (nSPS) is 19.8. The highest BCUT2D eigenvalue weighted by Gasteiger charge is 2.47. The predicted molar refractivity (Wildman–Crippen MR) is 88.8 cm³/mol. The molecule has 0 aliphatic carbocycles. The average Bonchev–Trinajstić information content (AvgIpc) is 2.75. The molecular formula is C17H12Cl2N2O2. The van der Waals surface area contributed by atoms with Crippen molar-refractivity contribution in [3.05, 3.63) is 63.6 Å². The Morgan fingerprint density at radius 3 is 2.30 bits per heavy atom. The molecule has 0 N–H and O–H groups in total. The van der Waals surface area contributed by atoms with Crippen LogP contribution < -0.4 is 4.90 Å². The molecule has 0 saturated carbocycles. The van der Waals surface area contributed by atoms with Crippen molar-refractivity contribution in [2.24, 2.45) is 0 Å². The third-order valence-electron chi connectivity index (χ3n) is 4.30. The standard InChI is InChI=1S/C17H12Cl2N2O2/c18-12-6-13(19)8-14(7-12)21-16(22)15-5-10-3-1-2-4-11(10)9-20(15)17(21)23/h1-4,6-8,15H,5,9H2/t15-/m0/s1. The van der Waals surface area contributed by atoms with Gasteiger partial charge < -0.3 is 4.90 Å². The molecule has 6 heteroatoms. The molecule has 23 heavy (non-hydrogen) atoms. The van der Waals surface area contributed by atoms with Gasteiger partial charge in [0.15, 0.2) is 0 Å². The zero-order valence-corrected chi connectivity index (χ0v) is 13.5. The first-order valence-corrected chi connectivity index (χ1v) is 7.97. The molecule has 4 rings (SSSR count). The van der Waals surface area contributed by atoms with Gasteiger partial charge in [-0.05, 0) is 29.3 Å². The number of hydrogen-bond donors (Lipinski definition) is 0. The van der Waals surface area contributed by atoms with Crippen LogP contribution >= 0.6 is 23.2 Å². The fourth-order valence-corrected chi connectivity index (χ4v) is 3.74. The first-order chi connectivity index (χ1) is 11.0. The number of rotatable bonds is 1. The van der Waals surface area contributed by atoms with Gasteiger partial charge in [-0.1, -0.05) is 47.5 Å². The highest BCUT2D eigenvalue weighted by atomic mass is 35.5. The minimum atomic E-state index is -0.463. The van der Waals surface area contributed by atoms with Gasteiger partial charge in [0.05, 0.1) is 5.69 Å². The molecule has 0 bridgehead atoms. The highest BCUT2D eigenvalue weighted by Crippen LogP contribution is 2.34. The van der Waals surface area contributed by atoms with Crippen molar-refractivity contribution >= 4 is 40.8 Å². The lowest BCUT2D eigenvalue weighted by Gasteiger charge is -2.28. The van der Waals surface area contributed by atoms with Crippen molar-refractivity contribution in [3.63, 3.8) is 0 Å². The van der Waals surface area contributed by atoms with Gasteiger partial charge >= 0.3 is 6.03 Å². The molecule has 1 fully saturated rings. The lowest BCUT2D eigenvalue weighted by atomic mass is 9.95. The van der Waals surface area contributed by atoms with Crippen molar-refractivity contribution in [1.29, 1.82) is 0 Å². The third-order valence-corrected chi connectivity index (χ3v) is 4.73. The minimum absolute atomic E-state index is 0.233. The van der Waals surface area contributed by atoms with E-state index in [4.69, 9.17) is 23.2 Å². The lowest BCUT2D eigenvalue weighted by molar-refractivity contribution is -0.119. The summed E-state index contributed by atoms with van der Waals surface area (Å²) in [6.45, 7) is 0.441. The van der Waals surface area contributed by atoms with Crippen LogP contribution in [-0.4, -0.2) is 22.9 Å². The van der Waals surface area contributed by atoms with Crippen LogP contribution in [0.3, 0.4) is 0 Å². The summed E-state index contributed by atoms with van der Waals surface area (Å²) in [6.07, 6.45) is 0.533. The Balaban J connectivity index is 1.74. The van der Waals surface area contributed by atoms with E-state index in [1.165, 1.54) is 4.90 Å². The zero-order valence-electron chi connectivity index (χ0n) is 12.0. The number of halogens is 2. The van der Waals surface area contributed by atoms with Crippen LogP contribution in [0.15, 0.2) is 42.5 Å². The van der Waals surface area contributed by atoms with E-state index in [0.29, 0.717) is 28.7 Å². The van der Waals surface area contributed by atoms with Gasteiger partial charge in [0, 0.05) is 23.0 Å². The molecule has 4 nitrogen and oxygen atoms in total. The Morgan fingerprint density at radius 1 is 0.957 bits per heavy atom. The van der Waals surface area contributed by atoms with Crippen molar-refractivity contribution in [1.82, 2.24) is 4.90 Å². The van der Waals surface area contributed by atoms with Crippen molar-refractivity contribution in [2.45, 2.75) is 19.0 Å². The summed E-state index contributed by atoms with van der Waals surface area (Å²) in [5.74, 6) is -0.233. The average molecular weight is 347 g/mol. The second-order valence-electron chi connectivity index (χ2n) is 5.70. The summed E-state index contributed by atoms with van der Waals surface area (Å²) in [7, 11) is 0. The summed E-state index contributed by atoms with van der Waals surface area (Å²) in [6, 6.07) is 11.8. The van der Waals surface area contributed by atoms with Gasteiger partial charge in [0.1, 0.15) is 6.04 Å². The number of hydrogen-bond acceptors (Lipinski definition) is 2. The van der Waals surface area contributed by atoms with E-state index in [1.807, 2.05) is 24.3 Å². The van der Waals surface area contributed by atoms with E-state index in [9.17, 15) is 9.59 Å². The number of carbonyl (C=O) groups excluding carboxylic acids is 2. The predicted octanol–water partition coefficient (Wildman–Crippen LogP) is 3.89. The molecule has 2 aromatic carbocycles. The van der Waals surface area contributed by atoms with E-state index < -0.39 is 6.04 Å². The van der Waals surface area contributed by atoms with Crippen LogP contribution in [0.4, 0.5) is 10.5 Å². The quantitative estimate of drug-likeness (QED) is 0.735. The number of anilines is 1. The molecule has 116 valence electrons. The topological polar surface area (TPSA) is 40.6 Å². The molecule has 2 heterocycles. The highest BCUT2D eigenvalue weighted by molar-refractivity contribution is 6.35. The van der Waals surface area contributed by atoms with Crippen LogP contribution in [0, 0.1) is 0 Å². The van der Waals surface area contributed by atoms with Crippen LogP contribution in [0.2, 0.25) is 10.0 Å². The van der Waals surface area contributed by atoms with E-state index in [0.717, 1.165) is 11.1 Å². The lowest BCUT2D eigenvalue weighted by Crippen LogP contribution is -2.39. The van der Waals surface area contributed by atoms with Gasteiger partial charge in [-0.15, -0.1) is 0 Å². The van der Waals surface area contributed by atoms with E-state index in [1.54, 1.807) is 23.1 Å². The maximum atomic E-state index is 12.8. The Hall–Kier alpha value is -2.04. The van der Waals surface area contributed by atoms with Crippen LogP contribution in [0.5, 0.6) is 0 Å². The van der Waals surface area contributed by atoms with Crippen molar-refractivity contribution in [2.75, 3.05) is 4.90 Å². The second-order valence-corrected chi connectivity index (χ2v) is 6.57. The Morgan fingerprint density at radius 2 is 1.61 bits per heavy atom. The van der Waals surface area contributed by atoms with Crippen LogP contribution in [-0.2, 0) is 17.8 Å². The van der Waals surface area contributed by atoms with E-state index >= 15 is 0 Å². The number of amides is 3. The number of benzene rings is 2. The van der Waals surface area contributed by atoms with Crippen LogP contribution in [0.25, 0.3) is 0 Å². The Kier molecular flexibility index (Phi) is 3.32. The largest absolute Gasteiger partial charge is 0.332 e. The molecular weight excluding hydrogens is 335 g/mol. The van der Waals surface area contributed by atoms with Crippen molar-refractivity contribution < 1.29 is 9.59 Å². The summed E-state index contributed by atoms with van der Waals surface area (Å²) >= 11 is 12.0. The molecule has 1 atom stereocenters. The monoisotopic (exact) mass is 346 g/mol. The molecule has 0 radical (unpaired) electrons. The number of imide groups is 1. The molecule has 0 spiro atoms. The summed E-state index contributed by atoms with van der Waals surface area (Å²) in [5, 5.41) is 0.780. The maximum absolute atomic E-state index is 12.8. The molecule has 2 aromatic rings. The number of urea groups is 1. The van der Waals surface area contributed by atoms with E-state index in [-0.39, 0.29) is 11.9 Å². The molecule has 0 aromatic heterocycles. The minimum Gasteiger partial charge on any atom is -0.307 e. The fourth-order valence-electron chi connectivity index (χ4n) is 3.22. The molecule has 3 amide bonds. The number of fused-ring (bicyclic) bond motifs is 2. The molecule has 2 aliphatic heterocycles. The SMILES string of the molecule is O=C1[C@@H]2Cc3ccccc3CN2C(=O)N1c1cc(Cl)cc(Cl)c1. The fraction of sp³-hybridized carbons (Fsp3) is 0.176. The maximum Gasteiger partial charge on any atom is 0.332 e. The third kappa shape index (κ3) is 2.30.